The fraction of sp³-hybridized carbons (Fsp3) is 0. The Morgan fingerprint density at radius 2 is 1.71 bits per heavy atom. The third-order valence-electron chi connectivity index (χ3n) is 2.38. The highest BCUT2D eigenvalue weighted by molar-refractivity contribution is 5.88. The van der Waals surface area contributed by atoms with Gasteiger partial charge in [0.05, 0.1) is 0 Å². The molecule has 2 aromatic carbocycles. The van der Waals surface area contributed by atoms with Crippen LogP contribution < -0.4 is 0 Å². The molecule has 0 bridgehead atoms. The fourth-order valence-corrected chi connectivity index (χ4v) is 1.68. The van der Waals surface area contributed by atoms with E-state index in [-0.39, 0.29) is 11.1 Å². The molecule has 87 valence electrons. The zero-order valence-corrected chi connectivity index (χ0v) is 8.55. The van der Waals surface area contributed by atoms with E-state index in [9.17, 15) is 17.6 Å². The fourth-order valence-electron chi connectivity index (χ4n) is 1.68. The van der Waals surface area contributed by atoms with E-state index in [0.717, 1.165) is 0 Å². The average molecular weight is 239 g/mol. The topological polar surface area (TPSA) is 0 Å². The van der Waals surface area contributed by atoms with Gasteiger partial charge < -0.3 is 0 Å². The number of hydrogen-bond acceptors (Lipinski definition) is 0. The van der Waals surface area contributed by atoms with Crippen molar-refractivity contribution in [3.8, 4) is 0 Å². The minimum Gasteiger partial charge on any atom is -0.194 e. The summed E-state index contributed by atoms with van der Waals surface area (Å²) in [5, 5.41) is 0.856. The van der Waals surface area contributed by atoms with Gasteiger partial charge in [0.25, 0.3) is 6.08 Å². The van der Waals surface area contributed by atoms with Gasteiger partial charge in [0.2, 0.25) is 0 Å². The van der Waals surface area contributed by atoms with Crippen molar-refractivity contribution in [3.05, 3.63) is 60.0 Å². The molecule has 0 unspecified atom stereocenters. The molecule has 0 aromatic heterocycles. The lowest BCUT2D eigenvalue weighted by atomic mass is 10.0. The van der Waals surface area contributed by atoms with Crippen molar-refractivity contribution < 1.29 is 17.6 Å². The van der Waals surface area contributed by atoms with Crippen LogP contribution in [0.25, 0.3) is 16.8 Å². The molecular formula is C13H7F4. The van der Waals surface area contributed by atoms with Gasteiger partial charge in [0.1, 0.15) is 0 Å². The van der Waals surface area contributed by atoms with Gasteiger partial charge in [-0.1, -0.05) is 30.3 Å². The molecule has 2 aromatic rings. The summed E-state index contributed by atoms with van der Waals surface area (Å²) in [6.07, 6.45) is -2.90. The standard InChI is InChI=1S/C13H7F4/c14-12(15)7-8-4-5-10-9(6-8)2-1-3-11(10)13(16)17/h1-7H. The predicted octanol–water partition coefficient (Wildman–Crippen LogP) is 4.85. The lowest BCUT2D eigenvalue weighted by Crippen LogP contribution is -1.87. The Labute approximate surface area is 95.2 Å². The van der Waals surface area contributed by atoms with Gasteiger partial charge in [-0.2, -0.15) is 17.6 Å². The zero-order chi connectivity index (χ0) is 12.4. The molecule has 0 fully saturated rings. The molecule has 0 spiro atoms. The highest BCUT2D eigenvalue weighted by Crippen LogP contribution is 2.28. The molecule has 0 aliphatic carbocycles. The third-order valence-corrected chi connectivity index (χ3v) is 2.38. The molecule has 0 atom stereocenters. The molecule has 4 heteroatoms. The monoisotopic (exact) mass is 239 g/mol. The molecule has 0 aliphatic rings. The van der Waals surface area contributed by atoms with Crippen LogP contribution in [0.5, 0.6) is 0 Å². The average Bonchev–Trinajstić information content (AvgIpc) is 2.26. The van der Waals surface area contributed by atoms with E-state index in [0.29, 0.717) is 16.8 Å². The number of halogens is 4. The van der Waals surface area contributed by atoms with Gasteiger partial charge in [0, 0.05) is 11.6 Å². The minimum atomic E-state index is -1.82. The second-order valence-corrected chi connectivity index (χ2v) is 3.48. The van der Waals surface area contributed by atoms with E-state index in [1.54, 1.807) is 6.07 Å². The van der Waals surface area contributed by atoms with Gasteiger partial charge in [-0.3, -0.25) is 0 Å². The summed E-state index contributed by atoms with van der Waals surface area (Å²) in [6.45, 7) is 0. The Balaban J connectivity index is 2.61. The van der Waals surface area contributed by atoms with E-state index in [4.69, 9.17) is 0 Å². The van der Waals surface area contributed by atoms with E-state index < -0.39 is 12.5 Å². The molecular weight excluding hydrogens is 232 g/mol. The first kappa shape index (κ1) is 11.6. The smallest absolute Gasteiger partial charge is 0.194 e. The lowest BCUT2D eigenvalue weighted by Gasteiger charge is -2.05. The largest absolute Gasteiger partial charge is 0.340 e. The van der Waals surface area contributed by atoms with Crippen molar-refractivity contribution in [2.75, 3.05) is 0 Å². The van der Waals surface area contributed by atoms with Crippen LogP contribution in [0, 0.1) is 6.43 Å². The predicted molar refractivity (Wildman–Crippen MR) is 58.7 cm³/mol. The van der Waals surface area contributed by atoms with Crippen molar-refractivity contribution >= 4 is 16.8 Å². The summed E-state index contributed by atoms with van der Waals surface area (Å²) >= 11 is 0. The molecule has 2 rings (SSSR count). The number of hydrogen-bond donors (Lipinski definition) is 0. The van der Waals surface area contributed by atoms with Crippen LogP contribution >= 0.6 is 0 Å². The van der Waals surface area contributed by atoms with Gasteiger partial charge >= 0.3 is 6.43 Å². The first-order chi connectivity index (χ1) is 8.08. The van der Waals surface area contributed by atoms with E-state index >= 15 is 0 Å². The zero-order valence-electron chi connectivity index (χ0n) is 8.55. The Morgan fingerprint density at radius 3 is 2.35 bits per heavy atom. The van der Waals surface area contributed by atoms with Crippen LogP contribution in [-0.4, -0.2) is 0 Å². The molecule has 1 radical (unpaired) electrons. The van der Waals surface area contributed by atoms with E-state index in [2.05, 4.69) is 0 Å². The quantitative estimate of drug-likeness (QED) is 0.657. The molecule has 0 saturated heterocycles. The molecule has 0 amide bonds. The van der Waals surface area contributed by atoms with E-state index in [1.165, 1.54) is 30.3 Å². The molecule has 0 N–H and O–H groups in total. The first-order valence-corrected chi connectivity index (χ1v) is 4.82. The van der Waals surface area contributed by atoms with Crippen molar-refractivity contribution in [1.82, 2.24) is 0 Å². The van der Waals surface area contributed by atoms with Crippen LogP contribution in [0.2, 0.25) is 0 Å². The number of rotatable bonds is 2. The Morgan fingerprint density at radius 1 is 0.941 bits per heavy atom. The highest BCUT2D eigenvalue weighted by atomic mass is 19.3. The Kier molecular flexibility index (Phi) is 3.13. The second kappa shape index (κ2) is 4.57. The van der Waals surface area contributed by atoms with Crippen molar-refractivity contribution in [3.63, 3.8) is 0 Å². The van der Waals surface area contributed by atoms with Gasteiger partial charge in [-0.05, 0) is 22.4 Å². The maximum Gasteiger partial charge on any atom is 0.340 e. The van der Waals surface area contributed by atoms with Crippen molar-refractivity contribution in [2.24, 2.45) is 0 Å². The van der Waals surface area contributed by atoms with Crippen LogP contribution in [0.4, 0.5) is 17.6 Å². The van der Waals surface area contributed by atoms with Gasteiger partial charge in [0.15, 0.2) is 0 Å². The van der Waals surface area contributed by atoms with Crippen LogP contribution in [0.3, 0.4) is 0 Å². The summed E-state index contributed by atoms with van der Waals surface area (Å²) in [7, 11) is 0. The Bertz CT molecular complexity index is 569. The molecule has 0 saturated carbocycles. The first-order valence-electron chi connectivity index (χ1n) is 4.82. The van der Waals surface area contributed by atoms with Crippen molar-refractivity contribution in [1.29, 1.82) is 0 Å². The van der Waals surface area contributed by atoms with Crippen LogP contribution in [0.1, 0.15) is 11.1 Å². The van der Waals surface area contributed by atoms with Crippen LogP contribution in [0.15, 0.2) is 42.5 Å². The Hall–Kier alpha value is -1.84. The minimum absolute atomic E-state index is 0.168. The van der Waals surface area contributed by atoms with Gasteiger partial charge in [-0.25, -0.2) is 0 Å². The summed E-state index contributed by atoms with van der Waals surface area (Å²) < 4.78 is 49.3. The maximum absolute atomic E-state index is 12.6. The third kappa shape index (κ3) is 2.46. The van der Waals surface area contributed by atoms with Gasteiger partial charge in [-0.15, -0.1) is 0 Å². The SMILES string of the molecule is F[C](F)c1cccc2cc(C=C(F)F)ccc12. The summed E-state index contributed by atoms with van der Waals surface area (Å²) in [6, 6.07) is 8.61. The molecule has 0 aliphatic heterocycles. The molecule has 0 heterocycles. The molecule has 17 heavy (non-hydrogen) atoms. The number of fused-ring (bicyclic) bond motifs is 1. The lowest BCUT2D eigenvalue weighted by molar-refractivity contribution is 0.326. The highest BCUT2D eigenvalue weighted by Gasteiger charge is 2.13. The van der Waals surface area contributed by atoms with Crippen molar-refractivity contribution in [2.45, 2.75) is 0 Å². The summed E-state index contributed by atoms with van der Waals surface area (Å²) in [5.41, 5.74) is 0.118. The van der Waals surface area contributed by atoms with Crippen LogP contribution in [-0.2, 0) is 0 Å². The normalized spacial score (nSPS) is 10.9. The van der Waals surface area contributed by atoms with E-state index in [1.807, 2.05) is 0 Å². The number of benzene rings is 2. The summed E-state index contributed by atoms with van der Waals surface area (Å²) in [4.78, 5) is 0. The maximum atomic E-state index is 12.6. The second-order valence-electron chi connectivity index (χ2n) is 3.48. The summed E-state index contributed by atoms with van der Waals surface area (Å²) in [5.74, 6) is 0. The molecule has 0 nitrogen and oxygen atoms in total.